The van der Waals surface area contributed by atoms with E-state index in [0.717, 1.165) is 0 Å². The Morgan fingerprint density at radius 1 is 1.30 bits per heavy atom. The summed E-state index contributed by atoms with van der Waals surface area (Å²) < 4.78 is 1.71. The largest absolute Gasteiger partial charge is 0.348 e. The minimum absolute atomic E-state index is 0.0374. The van der Waals surface area contributed by atoms with Crippen LogP contribution in [0.2, 0.25) is 0 Å². The van der Waals surface area contributed by atoms with Gasteiger partial charge in [0.1, 0.15) is 5.69 Å². The Morgan fingerprint density at radius 2 is 2.04 bits per heavy atom. The molecule has 1 heterocycles. The number of para-hydroxylation sites is 2. The van der Waals surface area contributed by atoms with Crippen LogP contribution >= 0.6 is 0 Å². The SMILES string of the molecule is CN=C(N/N=C/c1cccn1-c1ccccc1[N+](=O)[O-])N(C)C. The third kappa shape index (κ3) is 3.73. The molecule has 0 unspecified atom stereocenters. The van der Waals surface area contributed by atoms with Crippen LogP contribution in [0.3, 0.4) is 0 Å². The van der Waals surface area contributed by atoms with E-state index in [1.807, 2.05) is 20.2 Å². The Morgan fingerprint density at radius 3 is 2.70 bits per heavy atom. The number of hydrogen-bond donors (Lipinski definition) is 1. The van der Waals surface area contributed by atoms with E-state index in [9.17, 15) is 10.1 Å². The third-order valence-electron chi connectivity index (χ3n) is 3.12. The molecular formula is C15H18N6O2. The zero-order valence-corrected chi connectivity index (χ0v) is 13.2. The van der Waals surface area contributed by atoms with Gasteiger partial charge in [0, 0.05) is 33.4 Å². The van der Waals surface area contributed by atoms with Gasteiger partial charge >= 0.3 is 0 Å². The number of nitrogens with zero attached hydrogens (tertiary/aromatic N) is 5. The highest BCUT2D eigenvalue weighted by atomic mass is 16.6. The van der Waals surface area contributed by atoms with Crippen LogP contribution in [0.5, 0.6) is 0 Å². The summed E-state index contributed by atoms with van der Waals surface area (Å²) in [4.78, 5) is 16.6. The maximum absolute atomic E-state index is 11.2. The van der Waals surface area contributed by atoms with E-state index in [-0.39, 0.29) is 5.69 Å². The Balaban J connectivity index is 2.29. The summed E-state index contributed by atoms with van der Waals surface area (Å²) in [5.41, 5.74) is 4.06. The fourth-order valence-electron chi connectivity index (χ4n) is 2.05. The lowest BCUT2D eigenvalue weighted by Gasteiger charge is -2.13. The summed E-state index contributed by atoms with van der Waals surface area (Å²) in [5.74, 6) is 0.602. The lowest BCUT2D eigenvalue weighted by Crippen LogP contribution is -2.33. The lowest BCUT2D eigenvalue weighted by molar-refractivity contribution is -0.384. The van der Waals surface area contributed by atoms with Crippen LogP contribution < -0.4 is 5.43 Å². The number of aliphatic imine (C=N–C) groups is 1. The molecule has 2 rings (SSSR count). The van der Waals surface area contributed by atoms with E-state index in [4.69, 9.17) is 0 Å². The van der Waals surface area contributed by atoms with Gasteiger partial charge in [-0.1, -0.05) is 12.1 Å². The summed E-state index contributed by atoms with van der Waals surface area (Å²) in [6.45, 7) is 0. The first-order chi connectivity index (χ1) is 11.0. The van der Waals surface area contributed by atoms with Crippen molar-refractivity contribution in [2.24, 2.45) is 10.1 Å². The number of nitro benzene ring substituents is 1. The molecule has 0 aliphatic rings. The highest BCUT2D eigenvalue weighted by Gasteiger charge is 2.15. The van der Waals surface area contributed by atoms with E-state index in [1.165, 1.54) is 6.07 Å². The second-order valence-electron chi connectivity index (χ2n) is 4.86. The molecule has 0 radical (unpaired) electrons. The molecule has 0 spiro atoms. The lowest BCUT2D eigenvalue weighted by atomic mass is 10.2. The van der Waals surface area contributed by atoms with Gasteiger partial charge in [-0.25, -0.2) is 5.43 Å². The minimum Gasteiger partial charge on any atom is -0.348 e. The van der Waals surface area contributed by atoms with E-state index in [0.29, 0.717) is 17.3 Å². The van der Waals surface area contributed by atoms with Gasteiger partial charge < -0.3 is 9.47 Å². The number of guanidine groups is 1. The van der Waals surface area contributed by atoms with Crippen molar-refractivity contribution in [2.75, 3.05) is 21.1 Å². The van der Waals surface area contributed by atoms with Gasteiger partial charge in [0.05, 0.1) is 16.8 Å². The maximum atomic E-state index is 11.2. The fraction of sp³-hybridized carbons (Fsp3) is 0.200. The molecule has 0 aliphatic heterocycles. The van der Waals surface area contributed by atoms with Crippen molar-refractivity contribution in [1.29, 1.82) is 0 Å². The summed E-state index contributed by atoms with van der Waals surface area (Å²) in [5, 5.41) is 15.3. The first-order valence-corrected chi connectivity index (χ1v) is 6.89. The van der Waals surface area contributed by atoms with Crippen LogP contribution in [-0.4, -0.2) is 47.7 Å². The predicted octanol–water partition coefficient (Wildman–Crippen LogP) is 1.86. The molecule has 0 saturated heterocycles. The van der Waals surface area contributed by atoms with Gasteiger partial charge in [-0.15, -0.1) is 0 Å². The summed E-state index contributed by atoms with van der Waals surface area (Å²) >= 11 is 0. The van der Waals surface area contributed by atoms with Crippen molar-refractivity contribution in [1.82, 2.24) is 14.9 Å². The summed E-state index contributed by atoms with van der Waals surface area (Å²) in [7, 11) is 5.36. The Hall–Kier alpha value is -3.16. The van der Waals surface area contributed by atoms with Crippen molar-refractivity contribution < 1.29 is 4.92 Å². The zero-order chi connectivity index (χ0) is 16.8. The summed E-state index contributed by atoms with van der Waals surface area (Å²) in [6, 6.07) is 10.2. The smallest absolute Gasteiger partial charge is 0.293 e. The van der Waals surface area contributed by atoms with Crippen LogP contribution in [0.15, 0.2) is 52.7 Å². The fourth-order valence-corrected chi connectivity index (χ4v) is 2.05. The van der Waals surface area contributed by atoms with Gasteiger partial charge in [0.15, 0.2) is 0 Å². The monoisotopic (exact) mass is 314 g/mol. The highest BCUT2D eigenvalue weighted by molar-refractivity contribution is 5.83. The number of rotatable bonds is 4. The Bertz CT molecular complexity index is 748. The van der Waals surface area contributed by atoms with Crippen molar-refractivity contribution in [3.05, 3.63) is 58.4 Å². The van der Waals surface area contributed by atoms with Crippen molar-refractivity contribution >= 4 is 17.9 Å². The molecule has 1 aromatic carbocycles. The molecule has 0 amide bonds. The van der Waals surface area contributed by atoms with E-state index < -0.39 is 4.92 Å². The number of nitrogens with one attached hydrogen (secondary N) is 1. The van der Waals surface area contributed by atoms with E-state index in [2.05, 4.69) is 15.5 Å². The molecule has 0 saturated carbocycles. The number of hydrazone groups is 1. The van der Waals surface area contributed by atoms with Gasteiger partial charge in [-0.2, -0.15) is 5.10 Å². The van der Waals surface area contributed by atoms with Gasteiger partial charge in [-0.05, 0) is 18.2 Å². The topological polar surface area (TPSA) is 88.1 Å². The Labute approximate surface area is 133 Å². The molecule has 1 aromatic heterocycles. The van der Waals surface area contributed by atoms with Crippen molar-refractivity contribution in [2.45, 2.75) is 0 Å². The quantitative estimate of drug-likeness (QED) is 0.404. The first kappa shape index (κ1) is 16.2. The van der Waals surface area contributed by atoms with Crippen LogP contribution in [0.25, 0.3) is 5.69 Å². The van der Waals surface area contributed by atoms with Crippen LogP contribution in [-0.2, 0) is 0 Å². The molecule has 23 heavy (non-hydrogen) atoms. The highest BCUT2D eigenvalue weighted by Crippen LogP contribution is 2.23. The van der Waals surface area contributed by atoms with Crippen LogP contribution in [0, 0.1) is 10.1 Å². The van der Waals surface area contributed by atoms with E-state index >= 15 is 0 Å². The van der Waals surface area contributed by atoms with Crippen molar-refractivity contribution in [3.63, 3.8) is 0 Å². The average Bonchev–Trinajstić information content (AvgIpc) is 2.99. The van der Waals surface area contributed by atoms with Crippen LogP contribution in [0.1, 0.15) is 5.69 Å². The molecule has 1 N–H and O–H groups in total. The number of aromatic nitrogens is 1. The normalized spacial score (nSPS) is 11.7. The molecule has 0 aliphatic carbocycles. The van der Waals surface area contributed by atoms with Crippen molar-refractivity contribution in [3.8, 4) is 5.69 Å². The first-order valence-electron chi connectivity index (χ1n) is 6.89. The predicted molar refractivity (Wildman–Crippen MR) is 90.2 cm³/mol. The molecule has 2 aromatic rings. The average molecular weight is 314 g/mol. The van der Waals surface area contributed by atoms with Gasteiger partial charge in [0.2, 0.25) is 5.96 Å². The molecule has 0 bridgehead atoms. The standard InChI is InChI=1S/C15H18N6O2/c1-16-15(19(2)3)18-17-11-12-7-6-10-20(12)13-8-4-5-9-14(13)21(22)23/h4-11H,1-3H3,(H,16,18)/b17-11+. The maximum Gasteiger partial charge on any atom is 0.293 e. The third-order valence-corrected chi connectivity index (χ3v) is 3.12. The minimum atomic E-state index is -0.400. The van der Waals surface area contributed by atoms with Crippen LogP contribution in [0.4, 0.5) is 5.69 Å². The second-order valence-corrected chi connectivity index (χ2v) is 4.86. The second kappa shape index (κ2) is 7.21. The molecule has 8 heteroatoms. The number of nitro groups is 1. The Kier molecular flexibility index (Phi) is 5.08. The van der Waals surface area contributed by atoms with Gasteiger partial charge in [-0.3, -0.25) is 15.1 Å². The zero-order valence-electron chi connectivity index (χ0n) is 13.2. The van der Waals surface area contributed by atoms with Gasteiger partial charge in [0.25, 0.3) is 5.69 Å². The molecule has 0 fully saturated rings. The number of benzene rings is 1. The molecule has 120 valence electrons. The summed E-state index contributed by atoms with van der Waals surface area (Å²) in [6.07, 6.45) is 3.34. The molecular weight excluding hydrogens is 296 g/mol. The number of hydrogen-bond acceptors (Lipinski definition) is 4. The molecule has 0 atom stereocenters. The van der Waals surface area contributed by atoms with E-state index in [1.54, 1.807) is 53.2 Å². The molecule has 8 nitrogen and oxygen atoms in total.